The van der Waals surface area contributed by atoms with E-state index in [0.717, 1.165) is 17.8 Å². The van der Waals surface area contributed by atoms with E-state index in [1.54, 1.807) is 6.92 Å². The van der Waals surface area contributed by atoms with E-state index >= 15 is 0 Å². The molecule has 0 aliphatic carbocycles. The Morgan fingerprint density at radius 1 is 0.742 bits per heavy atom. The van der Waals surface area contributed by atoms with Gasteiger partial charge in [0.25, 0.3) is 10.7 Å². The number of nitrogens with zero attached hydrogens (tertiary/aromatic N) is 4. The van der Waals surface area contributed by atoms with Crippen molar-refractivity contribution in [2.75, 3.05) is 0 Å². The molecule has 2 aromatic heterocycles. The van der Waals surface area contributed by atoms with Crippen LogP contribution in [-0.4, -0.2) is 20.4 Å². The van der Waals surface area contributed by atoms with Crippen LogP contribution in [0.15, 0.2) is 15.0 Å². The largest absolute Gasteiger partial charge is 0.300 e. The molecule has 0 bridgehead atoms. The Bertz CT molecular complexity index is 794. The highest BCUT2D eigenvalue weighted by Crippen LogP contribution is 2.23. The highest BCUT2D eigenvalue weighted by Gasteiger charge is 2.06. The van der Waals surface area contributed by atoms with Crippen LogP contribution in [0.5, 0.6) is 0 Å². The van der Waals surface area contributed by atoms with Gasteiger partial charge in [0.2, 0.25) is 0 Å². The number of hydrogen-bond acceptors (Lipinski definition) is 6. The lowest BCUT2D eigenvalue weighted by Crippen LogP contribution is -1.96. The molecule has 7 nitrogen and oxygen atoms in total. The smallest absolute Gasteiger partial charge is 0.291 e. The van der Waals surface area contributed by atoms with Crippen molar-refractivity contribution >= 4 is 22.2 Å². The van der Waals surface area contributed by atoms with Crippen LogP contribution in [0.1, 0.15) is 114 Å². The highest BCUT2D eigenvalue weighted by atomic mass is 32.1. The Labute approximate surface area is 190 Å². The second-order valence-electron chi connectivity index (χ2n) is 8.43. The summed E-state index contributed by atoms with van der Waals surface area (Å²) in [5, 5.41) is 23.0. The molecule has 0 radical (unpaired) electrons. The quantitative estimate of drug-likeness (QED) is 0.180. The number of H-pyrrole nitrogens is 2. The fraction of sp³-hybridized carbons (Fsp3) is 0.783. The van der Waals surface area contributed by atoms with E-state index in [1.165, 1.54) is 101 Å². The molecule has 2 heterocycles. The average molecular weight is 449 g/mol. The third-order valence-corrected chi connectivity index (χ3v) is 6.49. The molecule has 0 unspecified atom stereocenters. The molecule has 0 spiro atoms. The van der Waals surface area contributed by atoms with E-state index < -0.39 is 0 Å². The van der Waals surface area contributed by atoms with Gasteiger partial charge in [-0.1, -0.05) is 108 Å². The molecule has 0 saturated heterocycles. The van der Waals surface area contributed by atoms with Crippen LogP contribution in [-0.2, 0) is 6.42 Å². The van der Waals surface area contributed by atoms with Gasteiger partial charge in [0.05, 0.1) is 5.69 Å². The first-order chi connectivity index (χ1) is 15.2. The summed E-state index contributed by atoms with van der Waals surface area (Å²) in [6.07, 6.45) is 21.5. The van der Waals surface area contributed by atoms with Crippen molar-refractivity contribution in [3.05, 3.63) is 21.1 Å². The molecule has 2 rings (SSSR count). The molecule has 0 aliphatic rings. The molecule has 31 heavy (non-hydrogen) atoms. The van der Waals surface area contributed by atoms with Gasteiger partial charge in [0.15, 0.2) is 5.69 Å². The van der Waals surface area contributed by atoms with Crippen LogP contribution in [0, 0.1) is 6.92 Å². The number of hydrogen-bond donors (Lipinski definition) is 2. The number of aryl methyl sites for hydroxylation is 2. The molecule has 174 valence electrons. The van der Waals surface area contributed by atoms with Gasteiger partial charge >= 0.3 is 0 Å². The second-order valence-corrected chi connectivity index (χ2v) is 9.47. The summed E-state index contributed by atoms with van der Waals surface area (Å²) in [6, 6.07) is 0. The van der Waals surface area contributed by atoms with Gasteiger partial charge < -0.3 is 5.10 Å². The fourth-order valence-corrected chi connectivity index (χ4v) is 4.39. The van der Waals surface area contributed by atoms with Crippen LogP contribution in [0.2, 0.25) is 0 Å². The second kappa shape index (κ2) is 15.9. The van der Waals surface area contributed by atoms with Crippen LogP contribution in [0.25, 0.3) is 0 Å². The van der Waals surface area contributed by atoms with Gasteiger partial charge in [-0.2, -0.15) is 0 Å². The minimum Gasteiger partial charge on any atom is -0.300 e. The van der Waals surface area contributed by atoms with E-state index in [0.29, 0.717) is 16.5 Å². The predicted molar refractivity (Wildman–Crippen MR) is 129 cm³/mol. The highest BCUT2D eigenvalue weighted by molar-refractivity contribution is 7.14. The maximum Gasteiger partial charge on any atom is 0.291 e. The summed E-state index contributed by atoms with van der Waals surface area (Å²) in [6.45, 7) is 4.05. The molecule has 0 saturated carbocycles. The third kappa shape index (κ3) is 10.8. The number of aromatic nitrogens is 4. The van der Waals surface area contributed by atoms with E-state index in [2.05, 4.69) is 37.5 Å². The first-order valence-electron chi connectivity index (χ1n) is 12.2. The number of unbranched alkanes of at least 4 members (excludes halogenated alkanes) is 14. The van der Waals surface area contributed by atoms with Crippen molar-refractivity contribution in [3.8, 4) is 0 Å². The Morgan fingerprint density at radius 3 is 1.81 bits per heavy atom. The van der Waals surface area contributed by atoms with Crippen LogP contribution < -0.4 is 5.56 Å². The van der Waals surface area contributed by atoms with Gasteiger partial charge in [0, 0.05) is 6.42 Å². The molecule has 0 fully saturated rings. The van der Waals surface area contributed by atoms with E-state index in [4.69, 9.17) is 0 Å². The van der Waals surface area contributed by atoms with Gasteiger partial charge in [-0.15, -0.1) is 20.4 Å². The zero-order chi connectivity index (χ0) is 22.2. The monoisotopic (exact) mass is 448 g/mol. The van der Waals surface area contributed by atoms with Crippen molar-refractivity contribution in [1.82, 2.24) is 20.4 Å². The van der Waals surface area contributed by atoms with Crippen molar-refractivity contribution < 1.29 is 0 Å². The molecule has 0 aliphatic heterocycles. The number of azo groups is 1. The Kier molecular flexibility index (Phi) is 13.0. The summed E-state index contributed by atoms with van der Waals surface area (Å²) in [4.78, 5) is 11.6. The topological polar surface area (TPSA) is 99.1 Å². The number of nitrogens with one attached hydrogen (secondary N) is 2. The summed E-state index contributed by atoms with van der Waals surface area (Å²) in [5.41, 5.74) is 0.680. The molecule has 8 heteroatoms. The number of aromatic amines is 2. The molecular formula is C23H40N6OS. The van der Waals surface area contributed by atoms with Gasteiger partial charge in [0.1, 0.15) is 5.01 Å². The van der Waals surface area contributed by atoms with Crippen molar-refractivity contribution in [1.29, 1.82) is 0 Å². The summed E-state index contributed by atoms with van der Waals surface area (Å²) in [5.74, 6) is 0. The predicted octanol–water partition coefficient (Wildman–Crippen LogP) is 7.69. The van der Waals surface area contributed by atoms with Crippen molar-refractivity contribution in [2.45, 2.75) is 117 Å². The van der Waals surface area contributed by atoms with Crippen LogP contribution in [0.4, 0.5) is 10.8 Å². The van der Waals surface area contributed by atoms with Gasteiger partial charge in [-0.05, 0) is 13.3 Å². The molecule has 0 atom stereocenters. The zero-order valence-corrected chi connectivity index (χ0v) is 20.2. The molecule has 2 aromatic rings. The lowest BCUT2D eigenvalue weighted by molar-refractivity contribution is 0.532. The Morgan fingerprint density at radius 2 is 1.29 bits per heavy atom. The Hall–Kier alpha value is -1.83. The van der Waals surface area contributed by atoms with Gasteiger partial charge in [-0.3, -0.25) is 9.89 Å². The summed E-state index contributed by atoms with van der Waals surface area (Å²) >= 11 is 1.45. The lowest BCUT2D eigenvalue weighted by atomic mass is 10.0. The average Bonchev–Trinajstić information content (AvgIpc) is 3.35. The van der Waals surface area contributed by atoms with Gasteiger partial charge in [-0.25, -0.2) is 0 Å². The first kappa shape index (κ1) is 25.4. The van der Waals surface area contributed by atoms with Crippen molar-refractivity contribution in [3.63, 3.8) is 0 Å². The molecule has 2 N–H and O–H groups in total. The minimum absolute atomic E-state index is 0.274. The molecular weight excluding hydrogens is 408 g/mol. The summed E-state index contributed by atoms with van der Waals surface area (Å²) < 4.78 is 0. The fourth-order valence-electron chi connectivity index (χ4n) is 3.69. The Balaban J connectivity index is 1.43. The summed E-state index contributed by atoms with van der Waals surface area (Å²) in [7, 11) is 0. The zero-order valence-electron chi connectivity index (χ0n) is 19.4. The molecule has 0 amide bonds. The number of rotatable bonds is 18. The van der Waals surface area contributed by atoms with Crippen LogP contribution >= 0.6 is 11.3 Å². The maximum atomic E-state index is 11.6. The van der Waals surface area contributed by atoms with E-state index in [9.17, 15) is 4.79 Å². The standard InChI is InChI=1S/C23H40N6OS/c1-3-4-5-6-7-8-9-10-11-12-13-14-15-16-17-18-20-25-28-23(31-20)29-26-21-19(2)24-27-22(21)30/h3-18H2,1-2H3,(H2,24,27,30). The van der Waals surface area contributed by atoms with Crippen LogP contribution in [0.3, 0.4) is 0 Å². The first-order valence-corrected chi connectivity index (χ1v) is 13.0. The third-order valence-electron chi connectivity index (χ3n) is 5.62. The maximum absolute atomic E-state index is 11.6. The lowest BCUT2D eigenvalue weighted by Gasteiger charge is -2.03. The SMILES string of the molecule is CCCCCCCCCCCCCCCCCc1nnc(N=Nc2c(C)[nH][nH]c2=O)s1. The molecule has 0 aromatic carbocycles. The minimum atomic E-state index is -0.274. The normalized spacial score (nSPS) is 11.7. The van der Waals surface area contributed by atoms with Crippen molar-refractivity contribution in [2.24, 2.45) is 10.2 Å². The van der Waals surface area contributed by atoms with E-state index in [1.807, 2.05) is 0 Å². The van der Waals surface area contributed by atoms with E-state index in [-0.39, 0.29) is 5.56 Å².